The number of halogens is 3. The minimum atomic E-state index is -4.63. The predicted octanol–water partition coefficient (Wildman–Crippen LogP) is 3.24. The molecule has 3 unspecified atom stereocenters. The van der Waals surface area contributed by atoms with E-state index in [1.54, 1.807) is 6.92 Å². The van der Waals surface area contributed by atoms with E-state index in [1.165, 1.54) is 6.20 Å². The largest absolute Gasteiger partial charge is 0.464 e. The number of fused-ring (bicyclic) bond motifs is 2. The van der Waals surface area contributed by atoms with Crippen LogP contribution in [0.1, 0.15) is 57.2 Å². The second-order valence-corrected chi connectivity index (χ2v) is 9.40. The molecule has 3 atom stereocenters. The van der Waals surface area contributed by atoms with Crippen LogP contribution in [-0.4, -0.2) is 54.3 Å². The summed E-state index contributed by atoms with van der Waals surface area (Å²) in [7, 11) is 0. The van der Waals surface area contributed by atoms with Gasteiger partial charge in [0.2, 0.25) is 0 Å². The van der Waals surface area contributed by atoms with Crippen molar-refractivity contribution in [3.05, 3.63) is 33.7 Å². The van der Waals surface area contributed by atoms with Gasteiger partial charge in [0.1, 0.15) is 6.04 Å². The summed E-state index contributed by atoms with van der Waals surface area (Å²) >= 11 is 0. The van der Waals surface area contributed by atoms with Crippen LogP contribution in [0.5, 0.6) is 0 Å². The summed E-state index contributed by atoms with van der Waals surface area (Å²) in [6.07, 6.45) is -0.782. The number of aromatic nitrogens is 1. The first-order valence-electron chi connectivity index (χ1n) is 11.5. The molecule has 2 aliphatic rings. The van der Waals surface area contributed by atoms with E-state index in [1.807, 2.05) is 13.8 Å². The zero-order valence-corrected chi connectivity index (χ0v) is 19.1. The third-order valence-electron chi connectivity index (χ3n) is 6.40. The second-order valence-electron chi connectivity index (χ2n) is 9.40. The maximum atomic E-state index is 13.7. The Bertz CT molecular complexity index is 853. The summed E-state index contributed by atoms with van der Waals surface area (Å²) in [6, 6.07) is 0.0766. The third-order valence-corrected chi connectivity index (χ3v) is 6.40. The van der Waals surface area contributed by atoms with Crippen LogP contribution in [0, 0.1) is 11.8 Å². The van der Waals surface area contributed by atoms with Crippen molar-refractivity contribution in [3.8, 4) is 0 Å². The Balaban J connectivity index is 1.88. The van der Waals surface area contributed by atoms with E-state index in [0.29, 0.717) is 31.0 Å². The fourth-order valence-electron chi connectivity index (χ4n) is 4.82. The quantitative estimate of drug-likeness (QED) is 0.608. The number of nitrogens with one attached hydrogen (secondary N) is 1. The van der Waals surface area contributed by atoms with E-state index in [0.717, 1.165) is 37.0 Å². The molecule has 1 aromatic rings. The standard InChI is InChI=1S/C23H34F3N3O3/c1-4-32-22(31)20(9-15(2)3)29-13-17(19(11-21(29)30)23(24,25)26)6-8-28-7-5-16-10-18(14-28)27-12-16/h11,13,15-16,18,20,27H,4-10,12,14H2,1-3H3. The van der Waals surface area contributed by atoms with Crippen LogP contribution in [0.2, 0.25) is 0 Å². The molecular formula is C23H34F3N3O3. The molecule has 2 bridgehead atoms. The minimum Gasteiger partial charge on any atom is -0.464 e. The fourth-order valence-corrected chi connectivity index (χ4v) is 4.82. The average Bonchev–Trinajstić information content (AvgIpc) is 3.04. The van der Waals surface area contributed by atoms with Crippen LogP contribution < -0.4 is 10.9 Å². The van der Waals surface area contributed by atoms with Gasteiger partial charge in [-0.25, -0.2) is 4.79 Å². The molecule has 0 radical (unpaired) electrons. The number of nitrogens with zero attached hydrogens (tertiary/aromatic N) is 2. The summed E-state index contributed by atoms with van der Waals surface area (Å²) in [4.78, 5) is 27.4. The van der Waals surface area contributed by atoms with Crippen molar-refractivity contribution in [2.24, 2.45) is 11.8 Å². The number of likely N-dealkylation sites (tertiary alicyclic amines) is 1. The SMILES string of the molecule is CCOC(=O)C(CC(C)C)n1cc(CCN2CCC3CNC(C3)C2)c(C(F)(F)F)cc1=O. The van der Waals surface area contributed by atoms with Crippen molar-refractivity contribution in [1.29, 1.82) is 0 Å². The van der Waals surface area contributed by atoms with Crippen molar-refractivity contribution in [2.45, 2.75) is 64.7 Å². The Kier molecular flexibility index (Phi) is 8.03. The first-order chi connectivity index (χ1) is 15.1. The van der Waals surface area contributed by atoms with E-state index in [9.17, 15) is 22.8 Å². The fraction of sp³-hybridized carbons (Fsp3) is 0.739. The Morgan fingerprint density at radius 2 is 2.09 bits per heavy atom. The molecule has 3 heterocycles. The van der Waals surface area contributed by atoms with Crippen LogP contribution in [0.4, 0.5) is 13.2 Å². The van der Waals surface area contributed by atoms with Gasteiger partial charge >= 0.3 is 12.1 Å². The molecule has 32 heavy (non-hydrogen) atoms. The maximum absolute atomic E-state index is 13.7. The molecule has 0 saturated carbocycles. The molecule has 9 heteroatoms. The Morgan fingerprint density at radius 3 is 2.75 bits per heavy atom. The summed E-state index contributed by atoms with van der Waals surface area (Å²) in [6.45, 7) is 8.76. The number of esters is 1. The van der Waals surface area contributed by atoms with Crippen LogP contribution >= 0.6 is 0 Å². The summed E-state index contributed by atoms with van der Waals surface area (Å²) in [5.41, 5.74) is -1.71. The highest BCUT2D eigenvalue weighted by atomic mass is 19.4. The van der Waals surface area contributed by atoms with Crippen LogP contribution in [0.25, 0.3) is 0 Å². The molecule has 1 aromatic heterocycles. The number of carbonyl (C=O) groups excluding carboxylic acids is 1. The van der Waals surface area contributed by atoms with E-state index >= 15 is 0 Å². The minimum absolute atomic E-state index is 0.0394. The number of rotatable bonds is 8. The van der Waals surface area contributed by atoms with Gasteiger partial charge in [0.15, 0.2) is 0 Å². The summed E-state index contributed by atoms with van der Waals surface area (Å²) in [5.74, 6) is 0.102. The van der Waals surface area contributed by atoms with E-state index in [2.05, 4.69) is 10.2 Å². The number of ether oxygens (including phenoxy) is 1. The van der Waals surface area contributed by atoms with Crippen molar-refractivity contribution in [2.75, 3.05) is 32.8 Å². The molecule has 180 valence electrons. The van der Waals surface area contributed by atoms with Gasteiger partial charge in [-0.1, -0.05) is 13.8 Å². The molecule has 3 rings (SSSR count). The lowest BCUT2D eigenvalue weighted by molar-refractivity contribution is -0.147. The van der Waals surface area contributed by atoms with Gasteiger partial charge in [-0.2, -0.15) is 13.2 Å². The molecule has 0 amide bonds. The van der Waals surface area contributed by atoms with E-state index in [4.69, 9.17) is 4.74 Å². The van der Waals surface area contributed by atoms with Crippen LogP contribution in [0.3, 0.4) is 0 Å². The number of pyridine rings is 1. The third kappa shape index (κ3) is 6.13. The van der Waals surface area contributed by atoms with Crippen molar-refractivity contribution in [1.82, 2.24) is 14.8 Å². The monoisotopic (exact) mass is 457 g/mol. The van der Waals surface area contributed by atoms with Gasteiger partial charge in [0, 0.05) is 31.4 Å². The van der Waals surface area contributed by atoms with Gasteiger partial charge in [-0.15, -0.1) is 0 Å². The van der Waals surface area contributed by atoms with Gasteiger partial charge in [-0.3, -0.25) is 4.79 Å². The first-order valence-corrected chi connectivity index (χ1v) is 11.5. The van der Waals surface area contributed by atoms with Gasteiger partial charge in [0.05, 0.1) is 12.2 Å². The highest BCUT2D eigenvalue weighted by Crippen LogP contribution is 2.32. The molecule has 6 nitrogen and oxygen atoms in total. The summed E-state index contributed by atoms with van der Waals surface area (Å²) < 4.78 is 47.5. The smallest absolute Gasteiger partial charge is 0.416 e. The lowest BCUT2D eigenvalue weighted by atomic mass is 10.0. The molecule has 1 N–H and O–H groups in total. The zero-order chi connectivity index (χ0) is 23.5. The number of hydrogen-bond acceptors (Lipinski definition) is 5. The van der Waals surface area contributed by atoms with Crippen LogP contribution in [-0.2, 0) is 22.1 Å². The zero-order valence-electron chi connectivity index (χ0n) is 19.1. The van der Waals surface area contributed by atoms with Gasteiger partial charge in [-0.05, 0) is 63.1 Å². The Morgan fingerprint density at radius 1 is 1.34 bits per heavy atom. The molecular weight excluding hydrogens is 423 g/mol. The van der Waals surface area contributed by atoms with Gasteiger partial charge < -0.3 is 19.5 Å². The van der Waals surface area contributed by atoms with Crippen LogP contribution in [0.15, 0.2) is 17.1 Å². The Labute approximate surface area is 187 Å². The summed E-state index contributed by atoms with van der Waals surface area (Å²) in [5, 5.41) is 3.48. The van der Waals surface area contributed by atoms with E-state index in [-0.39, 0.29) is 24.5 Å². The Hall–Kier alpha value is -1.87. The lowest BCUT2D eigenvalue weighted by Crippen LogP contribution is -2.40. The van der Waals surface area contributed by atoms with Crippen molar-refractivity contribution in [3.63, 3.8) is 0 Å². The number of hydrogen-bond donors (Lipinski definition) is 1. The lowest BCUT2D eigenvalue weighted by Gasteiger charge is -2.26. The van der Waals surface area contributed by atoms with Gasteiger partial charge in [0.25, 0.3) is 5.56 Å². The van der Waals surface area contributed by atoms with Crippen molar-refractivity contribution < 1.29 is 22.7 Å². The van der Waals surface area contributed by atoms with E-state index < -0.39 is 29.3 Å². The maximum Gasteiger partial charge on any atom is 0.416 e. The molecule has 0 spiro atoms. The highest BCUT2D eigenvalue weighted by Gasteiger charge is 2.36. The topological polar surface area (TPSA) is 63.6 Å². The average molecular weight is 458 g/mol. The number of alkyl halides is 3. The molecule has 2 saturated heterocycles. The second kappa shape index (κ2) is 10.4. The molecule has 2 fully saturated rings. The first kappa shape index (κ1) is 24.8. The number of carbonyl (C=O) groups is 1. The van der Waals surface area contributed by atoms with Crippen molar-refractivity contribution >= 4 is 5.97 Å². The molecule has 2 aliphatic heterocycles. The predicted molar refractivity (Wildman–Crippen MR) is 115 cm³/mol. The molecule has 0 aliphatic carbocycles. The highest BCUT2D eigenvalue weighted by molar-refractivity contribution is 5.74. The molecule has 0 aromatic carbocycles. The normalized spacial score (nSPS) is 22.7.